The zero-order valence-electron chi connectivity index (χ0n) is 26.8. The summed E-state index contributed by atoms with van der Waals surface area (Å²) in [6.45, 7) is 9.06. The molecular weight excluding hydrogens is 587 g/mol. The van der Waals surface area contributed by atoms with Crippen molar-refractivity contribution < 1.29 is 23.5 Å². The van der Waals surface area contributed by atoms with Crippen LogP contribution < -0.4 is 10.9 Å². The molecule has 6 rings (SSSR count). The first kappa shape index (κ1) is 32.1. The van der Waals surface area contributed by atoms with Crippen molar-refractivity contribution in [3.8, 4) is 0 Å². The molecule has 10 nitrogen and oxygen atoms in total. The highest BCUT2D eigenvalue weighted by molar-refractivity contribution is 5.95. The molecule has 46 heavy (non-hydrogen) atoms. The third kappa shape index (κ3) is 7.41. The van der Waals surface area contributed by atoms with Gasteiger partial charge in [0.15, 0.2) is 0 Å². The minimum absolute atomic E-state index is 0.0284. The number of fused-ring (bicyclic) bond motifs is 1. The van der Waals surface area contributed by atoms with Gasteiger partial charge in [-0.1, -0.05) is 6.07 Å². The minimum atomic E-state index is -0.444. The van der Waals surface area contributed by atoms with Gasteiger partial charge in [0.1, 0.15) is 5.82 Å². The van der Waals surface area contributed by atoms with Crippen LogP contribution in [0.2, 0.25) is 0 Å². The molecule has 3 fully saturated rings. The number of imidazole rings is 1. The van der Waals surface area contributed by atoms with Crippen LogP contribution in [0, 0.1) is 17.7 Å². The molecule has 0 bridgehead atoms. The molecule has 1 saturated carbocycles. The van der Waals surface area contributed by atoms with Gasteiger partial charge in [-0.25, -0.2) is 4.39 Å². The van der Waals surface area contributed by atoms with E-state index in [4.69, 9.17) is 4.74 Å². The topological polar surface area (TPSA) is 112 Å². The summed E-state index contributed by atoms with van der Waals surface area (Å²) >= 11 is 0. The zero-order chi connectivity index (χ0) is 32.2. The molecule has 2 aromatic carbocycles. The predicted octanol–water partition coefficient (Wildman–Crippen LogP) is 4.18. The van der Waals surface area contributed by atoms with E-state index in [2.05, 4.69) is 36.9 Å². The monoisotopic (exact) mass is 632 g/mol. The third-order valence-electron chi connectivity index (χ3n) is 9.62. The number of rotatable bonds is 7. The van der Waals surface area contributed by atoms with Crippen LogP contribution in [0.15, 0.2) is 47.5 Å². The lowest BCUT2D eigenvalue weighted by atomic mass is 9.85. The summed E-state index contributed by atoms with van der Waals surface area (Å²) in [7, 11) is 0. The number of hydrogen-bond donors (Lipinski definition) is 2. The van der Waals surface area contributed by atoms with E-state index in [1.165, 1.54) is 24.3 Å². The van der Waals surface area contributed by atoms with Crippen LogP contribution in [0.25, 0.3) is 11.0 Å². The number of amides is 3. The highest BCUT2D eigenvalue weighted by Crippen LogP contribution is 2.34. The highest BCUT2D eigenvalue weighted by atomic mass is 19.1. The summed E-state index contributed by atoms with van der Waals surface area (Å²) < 4.78 is 21.1. The fraction of sp³-hybridized carbons (Fsp3) is 0.543. The summed E-state index contributed by atoms with van der Waals surface area (Å²) in [5.74, 6) is -0.438. The Morgan fingerprint density at radius 3 is 2.30 bits per heavy atom. The number of halogens is 1. The second-order valence-corrected chi connectivity index (χ2v) is 13.3. The standard InChI is InChI=1S/C35H45FN6O4/c1-23(2)37-32(43)26-6-10-29(11-7-26)42-31-21-24(22-40-15-13-27(14-16-40)34(45)41-17-19-46-20-18-41)3-12-30(31)38-35(42)39-33(44)25-4-8-28(36)9-5-25/h3-5,8-9,12,21,23,26-27,29H,6-7,10-11,13-20,22H2,1-2H3,(H,37,43)(H,38,39,44)/t26-,29+. The lowest BCUT2D eigenvalue weighted by molar-refractivity contribution is -0.141. The number of nitrogens with zero attached hydrogens (tertiary/aromatic N) is 4. The maximum absolute atomic E-state index is 13.5. The summed E-state index contributed by atoms with van der Waals surface area (Å²) in [4.78, 5) is 51.1. The number of aromatic nitrogens is 2. The second-order valence-electron chi connectivity index (χ2n) is 13.3. The molecule has 0 radical (unpaired) electrons. The number of carbonyl (C=O) groups excluding carboxylic acids is 3. The molecule has 3 aromatic rings. The van der Waals surface area contributed by atoms with E-state index in [-0.39, 0.29) is 35.7 Å². The molecule has 2 saturated heterocycles. The summed E-state index contributed by atoms with van der Waals surface area (Å²) in [6.07, 6.45) is 4.79. The van der Waals surface area contributed by atoms with Crippen molar-refractivity contribution in [1.82, 2.24) is 24.7 Å². The fourth-order valence-electron chi connectivity index (χ4n) is 7.12. The van der Waals surface area contributed by atoms with Crippen LogP contribution in [-0.2, 0) is 20.9 Å². The maximum Gasteiger partial charge on any atom is 0.280 e. The van der Waals surface area contributed by atoms with Crippen LogP contribution in [0.5, 0.6) is 0 Å². The SMILES string of the molecule is CC(C)NC(=O)[C@H]1CC[C@@H](n2/c(=N/C(=O)c3ccc(F)cc3)[nH]c3ccc(CN4CCC(C(=O)N5CCOCC5)CC4)cc32)CC1. The van der Waals surface area contributed by atoms with Crippen molar-refractivity contribution in [2.24, 2.45) is 16.8 Å². The number of carbonyl (C=O) groups is 3. The van der Waals surface area contributed by atoms with Gasteiger partial charge in [-0.05, 0) is 107 Å². The van der Waals surface area contributed by atoms with E-state index in [1.807, 2.05) is 24.8 Å². The van der Waals surface area contributed by atoms with Gasteiger partial charge < -0.3 is 24.5 Å². The molecule has 0 unspecified atom stereocenters. The van der Waals surface area contributed by atoms with Gasteiger partial charge in [0, 0.05) is 49.1 Å². The largest absolute Gasteiger partial charge is 0.378 e. The zero-order valence-corrected chi connectivity index (χ0v) is 26.8. The van der Waals surface area contributed by atoms with Gasteiger partial charge in [-0.2, -0.15) is 4.99 Å². The molecule has 2 aliphatic heterocycles. The molecule has 3 aliphatic rings. The predicted molar refractivity (Wildman–Crippen MR) is 172 cm³/mol. The van der Waals surface area contributed by atoms with Crippen molar-refractivity contribution in [3.63, 3.8) is 0 Å². The van der Waals surface area contributed by atoms with E-state index < -0.39 is 11.7 Å². The van der Waals surface area contributed by atoms with Gasteiger partial charge in [-0.15, -0.1) is 0 Å². The minimum Gasteiger partial charge on any atom is -0.378 e. The summed E-state index contributed by atoms with van der Waals surface area (Å²) in [5, 5.41) is 3.05. The average molecular weight is 633 g/mol. The fourth-order valence-corrected chi connectivity index (χ4v) is 7.12. The van der Waals surface area contributed by atoms with Gasteiger partial charge in [-0.3, -0.25) is 19.3 Å². The van der Waals surface area contributed by atoms with Crippen molar-refractivity contribution in [3.05, 3.63) is 65.0 Å². The van der Waals surface area contributed by atoms with E-state index in [9.17, 15) is 18.8 Å². The van der Waals surface area contributed by atoms with Crippen LogP contribution in [0.3, 0.4) is 0 Å². The van der Waals surface area contributed by atoms with Crippen LogP contribution in [0.4, 0.5) is 4.39 Å². The Hall–Kier alpha value is -3.83. The van der Waals surface area contributed by atoms with Gasteiger partial charge in [0.05, 0.1) is 24.2 Å². The third-order valence-corrected chi connectivity index (χ3v) is 9.62. The van der Waals surface area contributed by atoms with Crippen LogP contribution in [-0.4, -0.2) is 82.5 Å². The molecule has 3 amide bonds. The molecule has 2 N–H and O–H groups in total. The number of nitrogens with one attached hydrogen (secondary N) is 2. The number of aromatic amines is 1. The number of likely N-dealkylation sites (tertiary alicyclic amines) is 1. The molecule has 246 valence electrons. The first-order valence-electron chi connectivity index (χ1n) is 16.7. The molecule has 3 heterocycles. The molecule has 11 heteroatoms. The molecule has 0 atom stereocenters. The van der Waals surface area contributed by atoms with Crippen molar-refractivity contribution >= 4 is 28.8 Å². The van der Waals surface area contributed by atoms with E-state index in [0.29, 0.717) is 37.5 Å². The number of ether oxygens (including phenoxy) is 1. The highest BCUT2D eigenvalue weighted by Gasteiger charge is 2.31. The van der Waals surface area contributed by atoms with Crippen molar-refractivity contribution in [1.29, 1.82) is 0 Å². The Balaban J connectivity index is 1.22. The van der Waals surface area contributed by atoms with Crippen LogP contribution in [0.1, 0.15) is 74.3 Å². The molecule has 1 aliphatic carbocycles. The summed E-state index contributed by atoms with van der Waals surface area (Å²) in [6, 6.07) is 11.9. The normalized spacial score (nSPS) is 22.0. The number of piperidine rings is 1. The van der Waals surface area contributed by atoms with Gasteiger partial charge in [0.2, 0.25) is 17.4 Å². The Morgan fingerprint density at radius 2 is 1.63 bits per heavy atom. The quantitative estimate of drug-likeness (QED) is 0.406. The first-order valence-corrected chi connectivity index (χ1v) is 16.7. The number of hydrogen-bond acceptors (Lipinski definition) is 5. The molecular formula is C35H45FN6O4. The molecule has 1 aromatic heterocycles. The maximum atomic E-state index is 13.5. The number of benzene rings is 2. The van der Waals surface area contributed by atoms with Crippen molar-refractivity contribution in [2.45, 2.75) is 71.0 Å². The molecule has 0 spiro atoms. The summed E-state index contributed by atoms with van der Waals surface area (Å²) in [5.41, 5.74) is 3.77. The van der Waals surface area contributed by atoms with E-state index in [0.717, 1.165) is 74.8 Å². The number of H-pyrrole nitrogens is 1. The Morgan fingerprint density at radius 1 is 0.935 bits per heavy atom. The Labute approximate surface area is 269 Å². The van der Waals surface area contributed by atoms with Gasteiger partial charge in [0.25, 0.3) is 5.91 Å². The average Bonchev–Trinajstić information content (AvgIpc) is 3.42. The lowest BCUT2D eigenvalue weighted by Gasteiger charge is -2.35. The lowest BCUT2D eigenvalue weighted by Crippen LogP contribution is -2.46. The van der Waals surface area contributed by atoms with Gasteiger partial charge >= 0.3 is 0 Å². The Bertz CT molecular complexity index is 1610. The smallest absolute Gasteiger partial charge is 0.280 e. The second kappa shape index (κ2) is 14.3. The van der Waals surface area contributed by atoms with E-state index in [1.54, 1.807) is 0 Å². The van der Waals surface area contributed by atoms with Crippen molar-refractivity contribution in [2.75, 3.05) is 39.4 Å². The van der Waals surface area contributed by atoms with E-state index >= 15 is 0 Å². The van der Waals surface area contributed by atoms with Crippen LogP contribution >= 0.6 is 0 Å². The first-order chi connectivity index (χ1) is 22.2. The number of morpholine rings is 1. The Kier molecular flexibility index (Phi) is 9.98.